The summed E-state index contributed by atoms with van der Waals surface area (Å²) in [7, 11) is 0. The number of nitrogens with one attached hydrogen (secondary N) is 2. The Balaban J connectivity index is 1.47. The molecule has 2 aromatic carbocycles. The van der Waals surface area contributed by atoms with Gasteiger partial charge in [-0.1, -0.05) is 18.2 Å². The summed E-state index contributed by atoms with van der Waals surface area (Å²) in [5, 5.41) is 15.2. The molecule has 2 amide bonds. The summed E-state index contributed by atoms with van der Waals surface area (Å²) in [5.41, 5.74) is 0.780. The predicted molar refractivity (Wildman–Crippen MR) is 85.6 cm³/mol. The Morgan fingerprint density at radius 1 is 1.21 bits per heavy atom. The quantitative estimate of drug-likeness (QED) is 0.786. The van der Waals surface area contributed by atoms with Crippen LogP contribution in [0.1, 0.15) is 18.1 Å². The molecule has 1 heterocycles. The van der Waals surface area contributed by atoms with E-state index in [1.807, 2.05) is 0 Å². The van der Waals surface area contributed by atoms with Gasteiger partial charge in [0.1, 0.15) is 5.82 Å². The molecule has 0 fully saturated rings. The van der Waals surface area contributed by atoms with Gasteiger partial charge in [0.15, 0.2) is 11.5 Å². The number of hydrogen-bond donors (Lipinski definition) is 3. The van der Waals surface area contributed by atoms with E-state index in [1.54, 1.807) is 30.3 Å². The van der Waals surface area contributed by atoms with Crippen molar-refractivity contribution in [2.75, 3.05) is 18.7 Å². The third-order valence-electron chi connectivity index (χ3n) is 3.61. The minimum absolute atomic E-state index is 0.103. The zero-order valence-corrected chi connectivity index (χ0v) is 12.8. The first-order valence-corrected chi connectivity index (χ1v) is 7.50. The Labute approximate surface area is 138 Å². The Morgan fingerprint density at radius 2 is 2.00 bits per heavy atom. The third-order valence-corrected chi connectivity index (χ3v) is 3.61. The molecule has 0 bridgehead atoms. The van der Waals surface area contributed by atoms with Gasteiger partial charge in [-0.2, -0.15) is 0 Å². The lowest BCUT2D eigenvalue weighted by Crippen LogP contribution is -2.30. The molecule has 0 saturated carbocycles. The van der Waals surface area contributed by atoms with Gasteiger partial charge < -0.3 is 25.2 Å². The molecule has 1 unspecified atom stereocenters. The SMILES string of the molecule is O=C(NCCC(O)c1ccc2c(c1)OCO2)Nc1ccccc1F. The van der Waals surface area contributed by atoms with Crippen molar-refractivity contribution in [2.45, 2.75) is 12.5 Å². The van der Waals surface area contributed by atoms with Gasteiger partial charge in [-0.3, -0.25) is 0 Å². The fraction of sp³-hybridized carbons (Fsp3) is 0.235. The van der Waals surface area contributed by atoms with Crippen LogP contribution in [-0.4, -0.2) is 24.5 Å². The number of carbonyl (C=O) groups is 1. The van der Waals surface area contributed by atoms with E-state index < -0.39 is 18.0 Å². The second-order valence-electron chi connectivity index (χ2n) is 5.28. The maximum absolute atomic E-state index is 13.4. The first-order valence-electron chi connectivity index (χ1n) is 7.50. The fourth-order valence-corrected chi connectivity index (χ4v) is 2.34. The molecule has 6 nitrogen and oxygen atoms in total. The highest BCUT2D eigenvalue weighted by molar-refractivity contribution is 5.89. The standard InChI is InChI=1S/C17H17FN2O4/c18-12-3-1-2-4-13(12)20-17(22)19-8-7-14(21)11-5-6-15-16(9-11)24-10-23-15/h1-6,9,14,21H,7-8,10H2,(H2,19,20,22). The van der Waals surface area contributed by atoms with Crippen LogP contribution in [0.4, 0.5) is 14.9 Å². The van der Waals surface area contributed by atoms with E-state index in [2.05, 4.69) is 10.6 Å². The highest BCUT2D eigenvalue weighted by atomic mass is 19.1. The number of anilines is 1. The molecule has 0 radical (unpaired) electrons. The zero-order chi connectivity index (χ0) is 16.9. The summed E-state index contributed by atoms with van der Waals surface area (Å²) in [4.78, 5) is 11.7. The van der Waals surface area contributed by atoms with Crippen LogP contribution in [0.5, 0.6) is 11.5 Å². The predicted octanol–water partition coefficient (Wildman–Crippen LogP) is 2.80. The molecule has 7 heteroatoms. The molecule has 2 aromatic rings. The lowest BCUT2D eigenvalue weighted by atomic mass is 10.1. The number of hydrogen-bond acceptors (Lipinski definition) is 4. The minimum atomic E-state index is -0.756. The summed E-state index contributed by atoms with van der Waals surface area (Å²) in [6, 6.07) is 10.6. The molecule has 0 saturated heterocycles. The van der Waals surface area contributed by atoms with Crippen molar-refractivity contribution in [3.63, 3.8) is 0 Å². The summed E-state index contributed by atoms with van der Waals surface area (Å²) >= 11 is 0. The summed E-state index contributed by atoms with van der Waals surface area (Å²) in [5.74, 6) is 0.734. The Kier molecular flexibility index (Phi) is 4.81. The molecule has 0 aromatic heterocycles. The average molecular weight is 332 g/mol. The number of aliphatic hydroxyl groups is 1. The molecule has 3 rings (SSSR count). The summed E-state index contributed by atoms with van der Waals surface area (Å²) < 4.78 is 23.9. The van der Waals surface area contributed by atoms with Crippen LogP contribution in [0, 0.1) is 5.82 Å². The van der Waals surface area contributed by atoms with E-state index in [4.69, 9.17) is 9.47 Å². The lowest BCUT2D eigenvalue weighted by Gasteiger charge is -2.13. The van der Waals surface area contributed by atoms with Crippen molar-refractivity contribution in [3.05, 3.63) is 53.8 Å². The minimum Gasteiger partial charge on any atom is -0.454 e. The highest BCUT2D eigenvalue weighted by Gasteiger charge is 2.16. The topological polar surface area (TPSA) is 79.8 Å². The lowest BCUT2D eigenvalue weighted by molar-refractivity contribution is 0.165. The second-order valence-corrected chi connectivity index (χ2v) is 5.28. The van der Waals surface area contributed by atoms with Crippen molar-refractivity contribution in [1.29, 1.82) is 0 Å². The largest absolute Gasteiger partial charge is 0.454 e. The van der Waals surface area contributed by atoms with Crippen molar-refractivity contribution >= 4 is 11.7 Å². The Morgan fingerprint density at radius 3 is 2.83 bits per heavy atom. The number of aliphatic hydroxyl groups excluding tert-OH is 1. The van der Waals surface area contributed by atoms with Gasteiger partial charge in [0.25, 0.3) is 0 Å². The summed E-state index contributed by atoms with van der Waals surface area (Å²) in [6.45, 7) is 0.405. The van der Waals surface area contributed by atoms with E-state index in [1.165, 1.54) is 12.1 Å². The third kappa shape index (κ3) is 3.75. The van der Waals surface area contributed by atoms with E-state index in [0.29, 0.717) is 23.5 Å². The maximum Gasteiger partial charge on any atom is 0.319 e. The van der Waals surface area contributed by atoms with Crippen molar-refractivity contribution in [2.24, 2.45) is 0 Å². The number of halogens is 1. The second kappa shape index (κ2) is 7.18. The fourth-order valence-electron chi connectivity index (χ4n) is 2.34. The van der Waals surface area contributed by atoms with E-state index in [0.717, 1.165) is 0 Å². The number of fused-ring (bicyclic) bond motifs is 1. The van der Waals surface area contributed by atoms with Gasteiger partial charge in [-0.25, -0.2) is 9.18 Å². The average Bonchev–Trinajstić information content (AvgIpc) is 3.04. The van der Waals surface area contributed by atoms with Crippen molar-refractivity contribution < 1.29 is 23.8 Å². The van der Waals surface area contributed by atoms with E-state index in [-0.39, 0.29) is 19.0 Å². The monoisotopic (exact) mass is 332 g/mol. The number of para-hydroxylation sites is 1. The normalized spacial score (nSPS) is 13.4. The molecule has 1 aliphatic heterocycles. The Hall–Kier alpha value is -2.80. The first-order chi connectivity index (χ1) is 11.6. The number of ether oxygens (including phenoxy) is 2. The van der Waals surface area contributed by atoms with Gasteiger partial charge >= 0.3 is 6.03 Å². The molecule has 1 atom stereocenters. The maximum atomic E-state index is 13.4. The number of rotatable bonds is 5. The number of urea groups is 1. The zero-order valence-electron chi connectivity index (χ0n) is 12.8. The van der Waals surface area contributed by atoms with Crippen LogP contribution in [-0.2, 0) is 0 Å². The van der Waals surface area contributed by atoms with E-state index in [9.17, 15) is 14.3 Å². The summed E-state index contributed by atoms with van der Waals surface area (Å²) in [6.07, 6.45) is -0.446. The molecule has 0 spiro atoms. The van der Waals surface area contributed by atoms with Gasteiger partial charge in [0.05, 0.1) is 11.8 Å². The van der Waals surface area contributed by atoms with Gasteiger partial charge in [-0.05, 0) is 36.2 Å². The van der Waals surface area contributed by atoms with Crippen LogP contribution in [0.2, 0.25) is 0 Å². The van der Waals surface area contributed by atoms with Crippen LogP contribution in [0.15, 0.2) is 42.5 Å². The van der Waals surface area contributed by atoms with Gasteiger partial charge in [-0.15, -0.1) is 0 Å². The van der Waals surface area contributed by atoms with Gasteiger partial charge in [0, 0.05) is 6.54 Å². The molecule has 0 aliphatic carbocycles. The van der Waals surface area contributed by atoms with Crippen LogP contribution >= 0.6 is 0 Å². The molecule has 1 aliphatic rings. The van der Waals surface area contributed by atoms with E-state index >= 15 is 0 Å². The van der Waals surface area contributed by atoms with Crippen LogP contribution < -0.4 is 20.1 Å². The number of carbonyl (C=O) groups excluding carboxylic acids is 1. The number of benzene rings is 2. The molecule has 24 heavy (non-hydrogen) atoms. The molecule has 126 valence electrons. The van der Waals surface area contributed by atoms with Gasteiger partial charge in [0.2, 0.25) is 6.79 Å². The highest BCUT2D eigenvalue weighted by Crippen LogP contribution is 2.34. The molecular formula is C17H17FN2O4. The Bertz CT molecular complexity index is 738. The first kappa shape index (κ1) is 16.1. The molecule has 3 N–H and O–H groups in total. The molecular weight excluding hydrogens is 315 g/mol. The van der Waals surface area contributed by atoms with Crippen molar-refractivity contribution in [3.8, 4) is 11.5 Å². The number of amides is 2. The van der Waals surface area contributed by atoms with Crippen LogP contribution in [0.25, 0.3) is 0 Å². The van der Waals surface area contributed by atoms with Crippen molar-refractivity contribution in [1.82, 2.24) is 5.32 Å². The smallest absolute Gasteiger partial charge is 0.319 e. The van der Waals surface area contributed by atoms with Crippen LogP contribution in [0.3, 0.4) is 0 Å².